The Morgan fingerprint density at radius 3 is 3.00 bits per heavy atom. The molecule has 0 bridgehead atoms. The summed E-state index contributed by atoms with van der Waals surface area (Å²) in [5, 5.41) is 2.04. The van der Waals surface area contributed by atoms with Crippen LogP contribution >= 0.6 is 11.3 Å². The molecule has 0 saturated carbocycles. The fourth-order valence-electron chi connectivity index (χ4n) is 3.15. The Morgan fingerprint density at radius 2 is 2.23 bits per heavy atom. The smallest absolute Gasteiger partial charge is 0.228 e. The van der Waals surface area contributed by atoms with E-state index in [0.29, 0.717) is 12.5 Å². The number of pyridine rings is 1. The van der Waals surface area contributed by atoms with E-state index in [0.717, 1.165) is 37.9 Å². The third-order valence-electron chi connectivity index (χ3n) is 4.31. The summed E-state index contributed by atoms with van der Waals surface area (Å²) in [4.78, 5) is 20.3. The van der Waals surface area contributed by atoms with Crippen LogP contribution in [-0.2, 0) is 17.6 Å². The number of carbonyl (C=O) groups is 1. The van der Waals surface area contributed by atoms with Gasteiger partial charge in [0, 0.05) is 29.4 Å². The van der Waals surface area contributed by atoms with Crippen LogP contribution < -0.4 is 0 Å². The van der Waals surface area contributed by atoms with Crippen LogP contribution in [0.25, 0.3) is 0 Å². The van der Waals surface area contributed by atoms with Crippen molar-refractivity contribution in [2.24, 2.45) is 0 Å². The summed E-state index contributed by atoms with van der Waals surface area (Å²) in [6, 6.07) is 10.5. The van der Waals surface area contributed by atoms with Crippen LogP contribution in [0.5, 0.6) is 0 Å². The highest BCUT2D eigenvalue weighted by molar-refractivity contribution is 7.10. The maximum Gasteiger partial charge on any atom is 0.228 e. The maximum absolute atomic E-state index is 12.6. The zero-order valence-corrected chi connectivity index (χ0v) is 13.6. The second-order valence-electron chi connectivity index (χ2n) is 5.85. The fraction of sp³-hybridized carbons (Fsp3) is 0.444. The zero-order chi connectivity index (χ0) is 15.2. The Labute approximate surface area is 136 Å². The van der Waals surface area contributed by atoms with Gasteiger partial charge in [0.25, 0.3) is 0 Å². The van der Waals surface area contributed by atoms with E-state index in [1.165, 1.54) is 11.3 Å². The molecule has 2 aromatic rings. The second-order valence-corrected chi connectivity index (χ2v) is 6.88. The van der Waals surface area contributed by atoms with Crippen LogP contribution in [0.1, 0.15) is 36.3 Å². The molecule has 1 aliphatic heterocycles. The minimum atomic E-state index is 0.285. The molecule has 0 aromatic carbocycles. The second kappa shape index (κ2) is 7.54. The van der Waals surface area contributed by atoms with Gasteiger partial charge in [0.05, 0.1) is 6.42 Å². The minimum absolute atomic E-state index is 0.285. The molecule has 1 fully saturated rings. The maximum atomic E-state index is 12.6. The molecule has 3 nitrogen and oxygen atoms in total. The Kier molecular flexibility index (Phi) is 5.22. The third-order valence-corrected chi connectivity index (χ3v) is 5.19. The highest BCUT2D eigenvalue weighted by Crippen LogP contribution is 2.23. The largest absolute Gasteiger partial charge is 0.339 e. The molecule has 3 heterocycles. The number of aryl methyl sites for hydroxylation is 1. The molecule has 3 rings (SSSR count). The van der Waals surface area contributed by atoms with Crippen molar-refractivity contribution in [3.8, 4) is 0 Å². The number of hydrogen-bond acceptors (Lipinski definition) is 3. The van der Waals surface area contributed by atoms with Crippen LogP contribution in [0.2, 0.25) is 0 Å². The van der Waals surface area contributed by atoms with Crippen molar-refractivity contribution in [1.29, 1.82) is 0 Å². The number of nitrogens with zero attached hydrogens (tertiary/aromatic N) is 2. The summed E-state index contributed by atoms with van der Waals surface area (Å²) in [5.74, 6) is 0.285. The number of piperidine rings is 1. The Morgan fingerprint density at radius 1 is 1.27 bits per heavy atom. The summed E-state index contributed by atoms with van der Waals surface area (Å²) in [5.41, 5.74) is 1.12. The van der Waals surface area contributed by atoms with E-state index < -0.39 is 0 Å². The third kappa shape index (κ3) is 3.95. The van der Waals surface area contributed by atoms with Gasteiger partial charge in [-0.3, -0.25) is 9.78 Å². The average molecular weight is 314 g/mol. The molecule has 22 heavy (non-hydrogen) atoms. The first-order valence-electron chi connectivity index (χ1n) is 8.04. The van der Waals surface area contributed by atoms with Gasteiger partial charge in [-0.1, -0.05) is 12.1 Å². The van der Waals surface area contributed by atoms with E-state index in [4.69, 9.17) is 0 Å². The van der Waals surface area contributed by atoms with Crippen LogP contribution in [0.15, 0.2) is 41.9 Å². The summed E-state index contributed by atoms with van der Waals surface area (Å²) < 4.78 is 0. The standard InChI is InChI=1S/C18H22N2OS/c21-18(14-17-8-5-13-22-17)20-12-4-2-7-16(20)10-9-15-6-1-3-11-19-15/h1,3,5-6,8,11,13,16H,2,4,7,9-10,12,14H2. The first kappa shape index (κ1) is 15.2. The number of amides is 1. The summed E-state index contributed by atoms with van der Waals surface area (Å²) >= 11 is 1.67. The van der Waals surface area contributed by atoms with Gasteiger partial charge in [0.1, 0.15) is 0 Å². The minimum Gasteiger partial charge on any atom is -0.339 e. The van der Waals surface area contributed by atoms with E-state index in [1.807, 2.05) is 29.8 Å². The molecule has 0 spiro atoms. The number of aromatic nitrogens is 1. The van der Waals surface area contributed by atoms with Gasteiger partial charge in [-0.2, -0.15) is 0 Å². The van der Waals surface area contributed by atoms with Crippen molar-refractivity contribution in [1.82, 2.24) is 9.88 Å². The van der Waals surface area contributed by atoms with Crippen LogP contribution in [-0.4, -0.2) is 28.4 Å². The molecule has 4 heteroatoms. The predicted molar refractivity (Wildman–Crippen MR) is 89.9 cm³/mol. The van der Waals surface area contributed by atoms with Crippen molar-refractivity contribution >= 4 is 17.2 Å². The molecular formula is C18H22N2OS. The quantitative estimate of drug-likeness (QED) is 0.843. The topological polar surface area (TPSA) is 33.2 Å². The van der Waals surface area contributed by atoms with Gasteiger partial charge in [0.15, 0.2) is 0 Å². The van der Waals surface area contributed by atoms with E-state index in [2.05, 4.69) is 22.0 Å². The van der Waals surface area contributed by atoms with Gasteiger partial charge in [0.2, 0.25) is 5.91 Å². The Bertz CT molecular complexity index is 582. The van der Waals surface area contributed by atoms with Crippen molar-refractivity contribution in [2.75, 3.05) is 6.54 Å². The molecular weight excluding hydrogens is 292 g/mol. The average Bonchev–Trinajstić information content (AvgIpc) is 3.07. The van der Waals surface area contributed by atoms with E-state index in [1.54, 1.807) is 11.3 Å². The van der Waals surface area contributed by atoms with Gasteiger partial charge >= 0.3 is 0 Å². The first-order chi connectivity index (χ1) is 10.8. The lowest BCUT2D eigenvalue weighted by molar-refractivity contribution is -0.134. The lowest BCUT2D eigenvalue weighted by Gasteiger charge is -2.36. The number of rotatable bonds is 5. The molecule has 0 radical (unpaired) electrons. The Balaban J connectivity index is 1.59. The van der Waals surface area contributed by atoms with Crippen molar-refractivity contribution in [3.05, 3.63) is 52.5 Å². The summed E-state index contributed by atoms with van der Waals surface area (Å²) in [7, 11) is 0. The molecule has 1 atom stereocenters. The number of likely N-dealkylation sites (tertiary alicyclic amines) is 1. The van der Waals surface area contributed by atoms with Crippen molar-refractivity contribution < 1.29 is 4.79 Å². The molecule has 116 valence electrons. The van der Waals surface area contributed by atoms with E-state index in [9.17, 15) is 4.79 Å². The highest BCUT2D eigenvalue weighted by atomic mass is 32.1. The van der Waals surface area contributed by atoms with Gasteiger partial charge < -0.3 is 4.90 Å². The number of hydrogen-bond donors (Lipinski definition) is 0. The van der Waals surface area contributed by atoms with Crippen molar-refractivity contribution in [2.45, 2.75) is 44.6 Å². The molecule has 1 saturated heterocycles. The zero-order valence-electron chi connectivity index (χ0n) is 12.8. The van der Waals surface area contributed by atoms with Crippen LogP contribution in [0, 0.1) is 0 Å². The number of thiophene rings is 1. The molecule has 2 aromatic heterocycles. The molecule has 1 aliphatic rings. The van der Waals surface area contributed by atoms with Crippen LogP contribution in [0.3, 0.4) is 0 Å². The van der Waals surface area contributed by atoms with Crippen molar-refractivity contribution in [3.63, 3.8) is 0 Å². The summed E-state index contributed by atoms with van der Waals surface area (Å²) in [6.07, 6.45) is 7.87. The lowest BCUT2D eigenvalue weighted by atomic mass is 9.96. The van der Waals surface area contributed by atoms with Gasteiger partial charge in [-0.05, 0) is 55.7 Å². The fourth-order valence-corrected chi connectivity index (χ4v) is 3.85. The molecule has 0 aliphatic carbocycles. The molecule has 0 N–H and O–H groups in total. The number of carbonyl (C=O) groups excluding carboxylic acids is 1. The predicted octanol–water partition coefficient (Wildman–Crippen LogP) is 3.70. The van der Waals surface area contributed by atoms with Gasteiger partial charge in [-0.15, -0.1) is 11.3 Å². The molecule has 1 amide bonds. The van der Waals surface area contributed by atoms with Crippen LogP contribution in [0.4, 0.5) is 0 Å². The van der Waals surface area contributed by atoms with Gasteiger partial charge in [-0.25, -0.2) is 0 Å². The summed E-state index contributed by atoms with van der Waals surface area (Å²) in [6.45, 7) is 0.914. The lowest BCUT2D eigenvalue weighted by Crippen LogP contribution is -2.44. The first-order valence-corrected chi connectivity index (χ1v) is 8.92. The normalized spacial score (nSPS) is 18.4. The SMILES string of the molecule is O=C(Cc1cccs1)N1CCCCC1CCc1ccccn1. The van der Waals surface area contributed by atoms with E-state index in [-0.39, 0.29) is 5.91 Å². The monoisotopic (exact) mass is 314 g/mol. The molecule has 1 unspecified atom stereocenters. The highest BCUT2D eigenvalue weighted by Gasteiger charge is 2.26. The van der Waals surface area contributed by atoms with E-state index >= 15 is 0 Å². The Hall–Kier alpha value is -1.68.